The zero-order chi connectivity index (χ0) is 20.4. The molecule has 1 atom stereocenters. The summed E-state index contributed by atoms with van der Waals surface area (Å²) >= 11 is 0. The summed E-state index contributed by atoms with van der Waals surface area (Å²) in [6.07, 6.45) is 3.07. The van der Waals surface area contributed by atoms with Crippen LogP contribution in [-0.2, 0) is 4.79 Å². The Morgan fingerprint density at radius 2 is 1.97 bits per heavy atom. The van der Waals surface area contributed by atoms with Crippen molar-refractivity contribution in [3.63, 3.8) is 0 Å². The highest BCUT2D eigenvalue weighted by Gasteiger charge is 2.18. The summed E-state index contributed by atoms with van der Waals surface area (Å²) in [6.45, 7) is 3.63. The predicted molar refractivity (Wildman–Crippen MR) is 110 cm³/mol. The van der Waals surface area contributed by atoms with Crippen LogP contribution in [0.1, 0.15) is 12.5 Å². The van der Waals surface area contributed by atoms with E-state index in [1.54, 1.807) is 13.0 Å². The number of aryl methyl sites for hydroxylation is 1. The molecule has 6 heteroatoms. The molecule has 1 N–H and O–H groups in total. The van der Waals surface area contributed by atoms with Crippen molar-refractivity contribution in [1.29, 1.82) is 0 Å². The number of halogens is 1. The van der Waals surface area contributed by atoms with Gasteiger partial charge in [0.05, 0.1) is 11.4 Å². The fourth-order valence-corrected chi connectivity index (χ4v) is 3.13. The van der Waals surface area contributed by atoms with Crippen LogP contribution in [0.4, 0.5) is 10.1 Å². The lowest BCUT2D eigenvalue weighted by molar-refractivity contribution is -0.122. The molecule has 146 valence electrons. The normalized spacial score (nSPS) is 12.0. The summed E-state index contributed by atoms with van der Waals surface area (Å²) in [5.74, 6) is -0.444. The number of rotatable bonds is 5. The van der Waals surface area contributed by atoms with Crippen molar-refractivity contribution < 1.29 is 13.9 Å². The second kappa shape index (κ2) is 7.75. The van der Waals surface area contributed by atoms with Crippen molar-refractivity contribution >= 4 is 17.2 Å². The molecule has 0 saturated heterocycles. The molecule has 1 amide bonds. The van der Waals surface area contributed by atoms with Crippen LogP contribution in [0.3, 0.4) is 0 Å². The highest BCUT2D eigenvalue weighted by Crippen LogP contribution is 2.28. The minimum atomic E-state index is -0.798. The van der Waals surface area contributed by atoms with Gasteiger partial charge in [-0.1, -0.05) is 30.3 Å². The van der Waals surface area contributed by atoms with E-state index in [0.29, 0.717) is 11.4 Å². The second-order valence-electron chi connectivity index (χ2n) is 6.80. The lowest BCUT2D eigenvalue weighted by Gasteiger charge is -2.16. The molecule has 2 aromatic carbocycles. The average Bonchev–Trinajstić information content (AvgIpc) is 3.14. The number of carbonyl (C=O) groups excluding carboxylic acids is 1. The third kappa shape index (κ3) is 3.96. The lowest BCUT2D eigenvalue weighted by Crippen LogP contribution is -2.30. The highest BCUT2D eigenvalue weighted by atomic mass is 19.1. The Balaban J connectivity index is 1.57. The van der Waals surface area contributed by atoms with Crippen LogP contribution >= 0.6 is 0 Å². The van der Waals surface area contributed by atoms with E-state index in [1.807, 2.05) is 60.1 Å². The maximum absolute atomic E-state index is 13.3. The van der Waals surface area contributed by atoms with E-state index >= 15 is 0 Å². The van der Waals surface area contributed by atoms with Gasteiger partial charge >= 0.3 is 0 Å². The first-order valence-electron chi connectivity index (χ1n) is 9.28. The molecule has 0 fully saturated rings. The summed E-state index contributed by atoms with van der Waals surface area (Å²) in [5, 5.41) is 2.90. The molecule has 4 aromatic rings. The molecule has 1 unspecified atom stereocenters. The molecular weight excluding hydrogens is 369 g/mol. The molecule has 0 bridgehead atoms. The first kappa shape index (κ1) is 18.7. The Kier molecular flexibility index (Phi) is 4.99. The van der Waals surface area contributed by atoms with E-state index in [1.165, 1.54) is 18.2 Å². The van der Waals surface area contributed by atoms with Crippen molar-refractivity contribution in [3.05, 3.63) is 84.4 Å². The first-order valence-corrected chi connectivity index (χ1v) is 9.28. The van der Waals surface area contributed by atoms with Gasteiger partial charge in [0.2, 0.25) is 0 Å². The minimum Gasteiger partial charge on any atom is -0.481 e. The van der Waals surface area contributed by atoms with E-state index in [4.69, 9.17) is 9.72 Å². The summed E-state index contributed by atoms with van der Waals surface area (Å²) in [6, 6.07) is 17.2. The number of nitrogens with zero attached hydrogens (tertiary/aromatic N) is 2. The van der Waals surface area contributed by atoms with Gasteiger partial charge in [0.25, 0.3) is 5.91 Å². The number of hydrogen-bond acceptors (Lipinski definition) is 3. The van der Waals surface area contributed by atoms with Gasteiger partial charge in [0.1, 0.15) is 17.2 Å². The van der Waals surface area contributed by atoms with Crippen molar-refractivity contribution in [3.8, 4) is 17.0 Å². The van der Waals surface area contributed by atoms with Crippen LogP contribution in [0.25, 0.3) is 16.9 Å². The Labute approximate surface area is 167 Å². The number of anilines is 1. The van der Waals surface area contributed by atoms with Gasteiger partial charge in [-0.2, -0.15) is 0 Å². The monoisotopic (exact) mass is 389 g/mol. The zero-order valence-electron chi connectivity index (χ0n) is 16.1. The SMILES string of the molecule is Cc1cccn2cc(-c3ccccc3NC(=O)C(C)Oc3cccc(F)c3)nc12. The molecule has 0 aliphatic carbocycles. The number of amides is 1. The fraction of sp³-hybridized carbons (Fsp3) is 0.130. The smallest absolute Gasteiger partial charge is 0.265 e. The molecule has 0 aliphatic rings. The summed E-state index contributed by atoms with van der Waals surface area (Å²) in [5.41, 5.74) is 4.13. The van der Waals surface area contributed by atoms with Gasteiger partial charge in [-0.15, -0.1) is 0 Å². The second-order valence-corrected chi connectivity index (χ2v) is 6.80. The standard InChI is InChI=1S/C23H20FN3O2/c1-15-7-6-12-27-14-21(25-22(15)27)19-10-3-4-11-20(19)26-23(28)16(2)29-18-9-5-8-17(24)13-18/h3-14,16H,1-2H3,(H,26,28). The molecule has 0 spiro atoms. The first-order chi connectivity index (χ1) is 14.0. The Morgan fingerprint density at radius 1 is 1.14 bits per heavy atom. The van der Waals surface area contributed by atoms with Gasteiger partial charge in [-0.25, -0.2) is 9.37 Å². The number of imidazole rings is 1. The maximum atomic E-state index is 13.3. The average molecular weight is 389 g/mol. The van der Waals surface area contributed by atoms with E-state index in [9.17, 15) is 9.18 Å². The molecule has 5 nitrogen and oxygen atoms in total. The zero-order valence-corrected chi connectivity index (χ0v) is 16.1. The van der Waals surface area contributed by atoms with Crippen molar-refractivity contribution in [2.45, 2.75) is 20.0 Å². The number of fused-ring (bicyclic) bond motifs is 1. The van der Waals surface area contributed by atoms with Crippen LogP contribution in [0.2, 0.25) is 0 Å². The number of carbonyl (C=O) groups is 1. The van der Waals surface area contributed by atoms with Crippen molar-refractivity contribution in [2.24, 2.45) is 0 Å². The number of aromatic nitrogens is 2. The van der Waals surface area contributed by atoms with Crippen LogP contribution in [0, 0.1) is 12.7 Å². The van der Waals surface area contributed by atoms with Crippen LogP contribution in [-0.4, -0.2) is 21.4 Å². The number of pyridine rings is 1. The number of ether oxygens (including phenoxy) is 1. The largest absolute Gasteiger partial charge is 0.481 e. The Morgan fingerprint density at radius 3 is 2.76 bits per heavy atom. The van der Waals surface area contributed by atoms with E-state index < -0.39 is 11.9 Å². The molecule has 0 aliphatic heterocycles. The molecule has 4 rings (SSSR count). The summed E-state index contributed by atoms with van der Waals surface area (Å²) in [4.78, 5) is 17.4. The van der Waals surface area contributed by atoms with Crippen molar-refractivity contribution in [2.75, 3.05) is 5.32 Å². The Bertz CT molecular complexity index is 1190. The van der Waals surface area contributed by atoms with Crippen LogP contribution in [0.5, 0.6) is 5.75 Å². The Hall–Kier alpha value is -3.67. The lowest BCUT2D eigenvalue weighted by atomic mass is 10.1. The maximum Gasteiger partial charge on any atom is 0.265 e. The van der Waals surface area contributed by atoms with Gasteiger partial charge in [-0.05, 0) is 43.7 Å². The molecule has 2 aromatic heterocycles. The predicted octanol–water partition coefficient (Wildman–Crippen LogP) is 4.85. The van der Waals surface area contributed by atoms with Crippen molar-refractivity contribution in [1.82, 2.24) is 9.38 Å². The van der Waals surface area contributed by atoms with Gasteiger partial charge in [-0.3, -0.25) is 4.79 Å². The topological polar surface area (TPSA) is 55.6 Å². The third-order valence-electron chi connectivity index (χ3n) is 4.62. The van der Waals surface area contributed by atoms with E-state index in [-0.39, 0.29) is 5.91 Å². The molecule has 0 radical (unpaired) electrons. The molecule has 29 heavy (non-hydrogen) atoms. The summed E-state index contributed by atoms with van der Waals surface area (Å²) in [7, 11) is 0. The fourth-order valence-electron chi connectivity index (χ4n) is 3.13. The van der Waals surface area contributed by atoms with E-state index in [0.717, 1.165) is 22.5 Å². The minimum absolute atomic E-state index is 0.303. The van der Waals surface area contributed by atoms with Crippen LogP contribution < -0.4 is 10.1 Å². The molecule has 2 heterocycles. The third-order valence-corrected chi connectivity index (χ3v) is 4.62. The van der Waals surface area contributed by atoms with Crippen LogP contribution in [0.15, 0.2) is 73.1 Å². The summed E-state index contributed by atoms with van der Waals surface area (Å²) < 4.78 is 20.9. The van der Waals surface area contributed by atoms with Gasteiger partial charge in [0.15, 0.2) is 6.10 Å². The number of para-hydroxylation sites is 1. The molecular formula is C23H20FN3O2. The van der Waals surface area contributed by atoms with Gasteiger partial charge < -0.3 is 14.5 Å². The highest BCUT2D eigenvalue weighted by molar-refractivity contribution is 5.97. The number of hydrogen-bond donors (Lipinski definition) is 1. The number of benzene rings is 2. The van der Waals surface area contributed by atoms with E-state index in [2.05, 4.69) is 5.32 Å². The van der Waals surface area contributed by atoms with Gasteiger partial charge in [0, 0.05) is 24.0 Å². The quantitative estimate of drug-likeness (QED) is 0.531. The number of nitrogens with one attached hydrogen (secondary N) is 1. The molecule has 0 saturated carbocycles.